The van der Waals surface area contributed by atoms with Crippen LogP contribution in [0.2, 0.25) is 0 Å². The number of nitrogens with zero attached hydrogens (tertiary/aromatic N) is 3. The molecule has 21 heavy (non-hydrogen) atoms. The molecule has 0 radical (unpaired) electrons. The molecule has 0 amide bonds. The summed E-state index contributed by atoms with van der Waals surface area (Å²) in [4.78, 5) is 10.9. The molecule has 0 aliphatic carbocycles. The number of aliphatic imine (C=N–C) groups is 2. The molecule has 0 saturated carbocycles. The third-order valence-electron chi connectivity index (χ3n) is 1.72. The van der Waals surface area contributed by atoms with Gasteiger partial charge in [-0.05, 0) is 0 Å². The van der Waals surface area contributed by atoms with Crippen LogP contribution in [-0.4, -0.2) is 30.8 Å². The highest BCUT2D eigenvalue weighted by Crippen LogP contribution is 2.21. The summed E-state index contributed by atoms with van der Waals surface area (Å²) in [7, 11) is -5.59. The third kappa shape index (κ3) is 5.07. The van der Waals surface area contributed by atoms with E-state index >= 15 is 0 Å². The second kappa shape index (κ2) is 6.13. The Kier molecular flexibility index (Phi) is 4.95. The largest absolute Gasteiger partial charge is 0.516 e. The molecule has 0 aliphatic heterocycles. The zero-order valence-corrected chi connectivity index (χ0v) is 11.8. The smallest absolute Gasteiger partial charge is 0.370 e. The number of rotatable bonds is 4. The average molecular weight is 345 g/mol. The molecule has 0 unspecified atom stereocenters. The second-order valence-corrected chi connectivity index (χ2v) is 5.92. The van der Waals surface area contributed by atoms with E-state index in [1.165, 1.54) is 5.38 Å². The number of nitrogens with two attached hydrogens (primary N) is 3. The molecule has 118 valence electrons. The van der Waals surface area contributed by atoms with Crippen LogP contribution in [0.4, 0.5) is 18.3 Å². The van der Waals surface area contributed by atoms with E-state index in [1.807, 2.05) is 0 Å². The minimum atomic E-state index is -5.59. The van der Waals surface area contributed by atoms with Crippen LogP contribution in [0.1, 0.15) is 5.69 Å². The molecule has 0 spiro atoms. The molecule has 0 fully saturated rings. The first kappa shape index (κ1) is 17.0. The number of hydrogen-bond donors (Lipinski definition) is 4. The highest BCUT2D eigenvalue weighted by atomic mass is 32.2. The quantitative estimate of drug-likeness (QED) is 0.417. The van der Waals surface area contributed by atoms with E-state index in [0.29, 0.717) is 5.69 Å². The minimum absolute atomic E-state index is 0.211. The van der Waals surface area contributed by atoms with Gasteiger partial charge in [0.05, 0.1) is 12.2 Å². The molecule has 1 heterocycles. The summed E-state index contributed by atoms with van der Waals surface area (Å²) >= 11 is 1.06. The van der Waals surface area contributed by atoms with Crippen LogP contribution in [0.5, 0.6) is 0 Å². The molecular weight excluding hydrogens is 335 g/mol. The molecule has 1 aromatic heterocycles. The number of alkyl halides is 3. The Bertz CT molecular complexity index is 660. The predicted octanol–water partition coefficient (Wildman–Crippen LogP) is -0.698. The van der Waals surface area contributed by atoms with Crippen molar-refractivity contribution in [2.75, 3.05) is 0 Å². The molecule has 0 atom stereocenters. The summed E-state index contributed by atoms with van der Waals surface area (Å²) in [5, 5.41) is 1.70. The highest BCUT2D eigenvalue weighted by Gasteiger charge is 2.46. The highest BCUT2D eigenvalue weighted by molar-refractivity contribution is 7.90. The summed E-state index contributed by atoms with van der Waals surface area (Å²) in [6, 6.07) is 0. The van der Waals surface area contributed by atoms with Gasteiger partial charge in [0.1, 0.15) is 0 Å². The van der Waals surface area contributed by atoms with Crippen LogP contribution in [0.15, 0.2) is 15.4 Å². The number of aromatic nitrogens is 1. The van der Waals surface area contributed by atoms with Crippen molar-refractivity contribution in [1.82, 2.24) is 9.71 Å². The van der Waals surface area contributed by atoms with Crippen molar-refractivity contribution >= 4 is 38.4 Å². The molecule has 0 aliphatic rings. The first-order valence-corrected chi connectivity index (χ1v) is 7.30. The minimum Gasteiger partial charge on any atom is -0.370 e. The lowest BCUT2D eigenvalue weighted by atomic mass is 10.5. The maximum absolute atomic E-state index is 12.1. The van der Waals surface area contributed by atoms with E-state index in [9.17, 15) is 21.6 Å². The molecule has 9 nitrogen and oxygen atoms in total. The van der Waals surface area contributed by atoms with Crippen molar-refractivity contribution in [3.05, 3.63) is 11.1 Å². The number of sulfonamides is 1. The number of hydrogen-bond acceptors (Lipinski definition) is 6. The van der Waals surface area contributed by atoms with Gasteiger partial charge in [-0.3, -0.25) is 0 Å². The Morgan fingerprint density at radius 1 is 1.38 bits per heavy atom. The lowest BCUT2D eigenvalue weighted by molar-refractivity contribution is -0.0442. The summed E-state index contributed by atoms with van der Waals surface area (Å²) in [5.41, 5.74) is 10.1. The first-order chi connectivity index (χ1) is 9.51. The van der Waals surface area contributed by atoms with E-state index < -0.39 is 21.5 Å². The molecule has 7 N–H and O–H groups in total. The van der Waals surface area contributed by atoms with Gasteiger partial charge in [0.25, 0.3) is 0 Å². The first-order valence-electron chi connectivity index (χ1n) is 4.94. The zero-order chi connectivity index (χ0) is 16.3. The van der Waals surface area contributed by atoms with Crippen LogP contribution in [0.3, 0.4) is 0 Å². The molecular formula is C7H10F3N7O2S2. The SMILES string of the molecule is NC(N)=Nc1nc(C/N=C(\N)NS(=O)(=O)C(F)(F)F)cs1. The Hall–Kier alpha value is -2.09. The number of nitrogens with one attached hydrogen (secondary N) is 1. The Morgan fingerprint density at radius 2 is 2.00 bits per heavy atom. The van der Waals surface area contributed by atoms with Crippen LogP contribution in [0, 0.1) is 0 Å². The maximum Gasteiger partial charge on any atom is 0.516 e. The lowest BCUT2D eigenvalue weighted by Gasteiger charge is -2.09. The zero-order valence-electron chi connectivity index (χ0n) is 10.1. The van der Waals surface area contributed by atoms with Gasteiger partial charge in [0.2, 0.25) is 11.1 Å². The van der Waals surface area contributed by atoms with Crippen molar-refractivity contribution in [2.45, 2.75) is 12.1 Å². The number of thiazole rings is 1. The molecule has 0 bridgehead atoms. The maximum atomic E-state index is 12.1. The summed E-state index contributed by atoms with van der Waals surface area (Å²) in [6.45, 7) is -0.247. The lowest BCUT2D eigenvalue weighted by Crippen LogP contribution is -2.43. The summed E-state index contributed by atoms with van der Waals surface area (Å²) in [5.74, 6) is -1.12. The van der Waals surface area contributed by atoms with Gasteiger partial charge >= 0.3 is 15.5 Å². The Balaban J connectivity index is 2.73. The summed E-state index contributed by atoms with van der Waals surface area (Å²) < 4.78 is 58.8. The van der Waals surface area contributed by atoms with E-state index in [-0.39, 0.29) is 17.6 Å². The van der Waals surface area contributed by atoms with Gasteiger partial charge in [0.15, 0.2) is 5.96 Å². The van der Waals surface area contributed by atoms with E-state index in [2.05, 4.69) is 15.0 Å². The Labute approximate surface area is 120 Å². The fourth-order valence-corrected chi connectivity index (χ4v) is 2.08. The number of guanidine groups is 2. The van der Waals surface area contributed by atoms with Gasteiger partial charge in [-0.25, -0.2) is 14.7 Å². The monoisotopic (exact) mass is 345 g/mol. The molecule has 0 saturated heterocycles. The molecule has 1 rings (SSSR count). The van der Waals surface area contributed by atoms with Crippen molar-refractivity contribution < 1.29 is 21.6 Å². The van der Waals surface area contributed by atoms with E-state index in [1.54, 1.807) is 0 Å². The molecule has 0 aromatic carbocycles. The van der Waals surface area contributed by atoms with Crippen LogP contribution in [0.25, 0.3) is 0 Å². The summed E-state index contributed by atoms with van der Waals surface area (Å²) in [6.07, 6.45) is 0. The topological polar surface area (TPSA) is 162 Å². The standard InChI is InChI=1S/C7H10F3N7O2S2/c8-7(9,10)21(18,19)17-5(13)14-1-3-2-20-6(15-3)16-4(11)12/h2H,1H2,(H3,13,14,17)(H4,11,12,15,16). The molecule has 1 aromatic rings. The van der Waals surface area contributed by atoms with E-state index in [4.69, 9.17) is 17.2 Å². The fourth-order valence-electron chi connectivity index (χ4n) is 0.925. The fraction of sp³-hybridized carbons (Fsp3) is 0.286. The average Bonchev–Trinajstić information content (AvgIpc) is 2.71. The van der Waals surface area contributed by atoms with Gasteiger partial charge in [-0.2, -0.15) is 26.6 Å². The van der Waals surface area contributed by atoms with Gasteiger partial charge in [-0.15, -0.1) is 11.3 Å². The second-order valence-electron chi connectivity index (χ2n) is 3.41. The van der Waals surface area contributed by atoms with Crippen LogP contribution < -0.4 is 21.9 Å². The predicted molar refractivity (Wildman–Crippen MR) is 71.0 cm³/mol. The van der Waals surface area contributed by atoms with Gasteiger partial charge < -0.3 is 17.2 Å². The van der Waals surface area contributed by atoms with Crippen LogP contribution in [-0.2, 0) is 16.6 Å². The van der Waals surface area contributed by atoms with Crippen LogP contribution >= 0.6 is 11.3 Å². The van der Waals surface area contributed by atoms with Crippen molar-refractivity contribution in [2.24, 2.45) is 27.2 Å². The van der Waals surface area contributed by atoms with Gasteiger partial charge in [0, 0.05) is 5.38 Å². The molecule has 14 heteroatoms. The normalized spacial score (nSPS) is 13.0. The van der Waals surface area contributed by atoms with Gasteiger partial charge in [-0.1, -0.05) is 0 Å². The van der Waals surface area contributed by atoms with Crippen molar-refractivity contribution in [3.63, 3.8) is 0 Å². The van der Waals surface area contributed by atoms with Crippen molar-refractivity contribution in [3.8, 4) is 0 Å². The Morgan fingerprint density at radius 3 is 2.52 bits per heavy atom. The van der Waals surface area contributed by atoms with Crippen molar-refractivity contribution in [1.29, 1.82) is 0 Å². The number of halogens is 3. The third-order valence-corrected chi connectivity index (χ3v) is 3.59. The van der Waals surface area contributed by atoms with E-state index in [0.717, 1.165) is 16.1 Å².